The number of rotatable bonds is 3. The summed E-state index contributed by atoms with van der Waals surface area (Å²) < 4.78 is 0. The maximum atomic E-state index is 5.39. The Morgan fingerprint density at radius 2 is 2.62 bits per heavy atom. The van der Waals surface area contributed by atoms with Gasteiger partial charge in [0.05, 0.1) is 0 Å². The fourth-order valence-corrected chi connectivity index (χ4v) is 2.57. The van der Waals surface area contributed by atoms with E-state index in [2.05, 4.69) is 20.5 Å². The predicted molar refractivity (Wildman–Crippen MR) is 54.8 cm³/mol. The van der Waals surface area contributed by atoms with Crippen LogP contribution in [0, 0.1) is 0 Å². The third-order valence-corrected chi connectivity index (χ3v) is 3.41. The van der Waals surface area contributed by atoms with E-state index < -0.39 is 0 Å². The number of hydrogen-bond donors (Lipinski definition) is 3. The fraction of sp³-hybridized carbons (Fsp3) is 0.714. The van der Waals surface area contributed by atoms with Crippen LogP contribution in [0.1, 0.15) is 12.8 Å². The summed E-state index contributed by atoms with van der Waals surface area (Å²) in [5, 5.41) is 10.3. The van der Waals surface area contributed by atoms with Crippen LogP contribution in [-0.2, 0) is 0 Å². The molecule has 72 valence electrons. The molecular formula is C7H13N5S. The van der Waals surface area contributed by atoms with E-state index in [-0.39, 0.29) is 0 Å². The van der Waals surface area contributed by atoms with Crippen LogP contribution < -0.4 is 11.1 Å². The number of H-pyrrole nitrogens is 1. The maximum absolute atomic E-state index is 5.39. The first kappa shape index (κ1) is 8.68. The zero-order valence-electron chi connectivity index (χ0n) is 7.29. The van der Waals surface area contributed by atoms with Gasteiger partial charge in [0.25, 0.3) is 0 Å². The van der Waals surface area contributed by atoms with Crippen molar-refractivity contribution in [2.75, 3.05) is 23.3 Å². The first-order chi connectivity index (χ1) is 6.34. The van der Waals surface area contributed by atoms with E-state index in [1.165, 1.54) is 18.6 Å². The van der Waals surface area contributed by atoms with Gasteiger partial charge in [-0.05, 0) is 18.6 Å². The molecule has 1 aliphatic heterocycles. The van der Waals surface area contributed by atoms with Crippen LogP contribution in [0.5, 0.6) is 0 Å². The van der Waals surface area contributed by atoms with Gasteiger partial charge >= 0.3 is 0 Å². The molecule has 0 radical (unpaired) electrons. The smallest absolute Gasteiger partial charge is 0.243 e. The highest BCUT2D eigenvalue weighted by Crippen LogP contribution is 2.25. The highest BCUT2D eigenvalue weighted by Gasteiger charge is 2.15. The fourth-order valence-electron chi connectivity index (χ4n) is 1.36. The van der Waals surface area contributed by atoms with Crippen molar-refractivity contribution in [1.29, 1.82) is 0 Å². The van der Waals surface area contributed by atoms with Gasteiger partial charge in [0.1, 0.15) is 0 Å². The average Bonchev–Trinajstić information content (AvgIpc) is 2.71. The highest BCUT2D eigenvalue weighted by molar-refractivity contribution is 8.00. The lowest BCUT2D eigenvalue weighted by atomic mass is 10.2. The van der Waals surface area contributed by atoms with Crippen LogP contribution in [0.4, 0.5) is 11.9 Å². The van der Waals surface area contributed by atoms with Crippen LogP contribution in [0.2, 0.25) is 0 Å². The van der Waals surface area contributed by atoms with Crippen molar-refractivity contribution in [3.8, 4) is 0 Å². The summed E-state index contributed by atoms with van der Waals surface area (Å²) in [5.41, 5.74) is 5.39. The Hall–Kier alpha value is -0.910. The van der Waals surface area contributed by atoms with Gasteiger partial charge < -0.3 is 11.1 Å². The summed E-state index contributed by atoms with van der Waals surface area (Å²) in [6.45, 7) is 0.932. The molecule has 6 heteroatoms. The molecule has 1 fully saturated rings. The van der Waals surface area contributed by atoms with Crippen LogP contribution in [-0.4, -0.2) is 32.7 Å². The molecule has 5 nitrogen and oxygen atoms in total. The Morgan fingerprint density at radius 1 is 1.69 bits per heavy atom. The van der Waals surface area contributed by atoms with Crippen LogP contribution >= 0.6 is 11.8 Å². The lowest BCUT2D eigenvalue weighted by Crippen LogP contribution is -2.14. The van der Waals surface area contributed by atoms with E-state index in [0.717, 1.165) is 6.54 Å². The van der Waals surface area contributed by atoms with Crippen molar-refractivity contribution in [2.24, 2.45) is 0 Å². The summed E-state index contributed by atoms with van der Waals surface area (Å²) >= 11 is 2.01. The second-order valence-electron chi connectivity index (χ2n) is 3.06. The van der Waals surface area contributed by atoms with Crippen molar-refractivity contribution in [2.45, 2.75) is 18.1 Å². The minimum absolute atomic E-state index is 0.363. The second-order valence-corrected chi connectivity index (χ2v) is 4.47. The Bertz CT molecular complexity index is 268. The molecule has 0 aromatic carbocycles. The molecule has 0 saturated carbocycles. The average molecular weight is 199 g/mol. The maximum Gasteiger partial charge on any atom is 0.243 e. The minimum atomic E-state index is 0.363. The van der Waals surface area contributed by atoms with Crippen molar-refractivity contribution in [3.63, 3.8) is 0 Å². The Morgan fingerprint density at radius 3 is 3.23 bits per heavy atom. The normalized spacial score (nSPS) is 22.0. The van der Waals surface area contributed by atoms with Crippen LogP contribution in [0.25, 0.3) is 0 Å². The quantitative estimate of drug-likeness (QED) is 0.667. The Kier molecular flexibility index (Phi) is 2.58. The second kappa shape index (κ2) is 3.87. The van der Waals surface area contributed by atoms with E-state index >= 15 is 0 Å². The summed E-state index contributed by atoms with van der Waals surface area (Å²) in [6.07, 6.45) is 2.62. The van der Waals surface area contributed by atoms with Gasteiger partial charge in [-0.2, -0.15) is 16.7 Å². The molecule has 1 saturated heterocycles. The molecule has 0 bridgehead atoms. The molecule has 0 amide bonds. The molecule has 13 heavy (non-hydrogen) atoms. The largest absolute Gasteiger partial charge is 0.368 e. The molecule has 0 spiro atoms. The van der Waals surface area contributed by atoms with Gasteiger partial charge in [-0.15, -0.1) is 5.10 Å². The number of anilines is 2. The van der Waals surface area contributed by atoms with E-state index in [9.17, 15) is 0 Å². The summed E-state index contributed by atoms with van der Waals surface area (Å²) in [7, 11) is 0. The third kappa shape index (κ3) is 2.27. The van der Waals surface area contributed by atoms with Gasteiger partial charge in [-0.3, -0.25) is 0 Å². The van der Waals surface area contributed by atoms with Gasteiger partial charge in [0.15, 0.2) is 0 Å². The topological polar surface area (TPSA) is 79.6 Å². The van der Waals surface area contributed by atoms with Crippen molar-refractivity contribution in [3.05, 3.63) is 0 Å². The first-order valence-corrected chi connectivity index (χ1v) is 5.43. The molecule has 1 unspecified atom stereocenters. The van der Waals surface area contributed by atoms with Crippen molar-refractivity contribution < 1.29 is 0 Å². The van der Waals surface area contributed by atoms with Crippen LogP contribution in [0.3, 0.4) is 0 Å². The Labute approximate surface area is 80.9 Å². The predicted octanol–water partition coefficient (Wildman–Crippen LogP) is 0.694. The van der Waals surface area contributed by atoms with E-state index in [0.29, 0.717) is 17.1 Å². The van der Waals surface area contributed by atoms with Crippen molar-refractivity contribution >= 4 is 23.7 Å². The molecule has 1 atom stereocenters. The molecular weight excluding hydrogens is 186 g/mol. The SMILES string of the molecule is Nc1nc(NCC2CCCS2)n[nH]1. The van der Waals surface area contributed by atoms with Gasteiger partial charge in [0.2, 0.25) is 11.9 Å². The molecule has 2 heterocycles. The number of nitrogens with one attached hydrogen (secondary N) is 2. The number of nitrogen functional groups attached to an aromatic ring is 1. The zero-order valence-corrected chi connectivity index (χ0v) is 8.10. The van der Waals surface area contributed by atoms with E-state index in [1.807, 2.05) is 11.8 Å². The number of aromatic amines is 1. The lowest BCUT2D eigenvalue weighted by molar-refractivity contribution is 0.801. The molecule has 1 aliphatic rings. The van der Waals surface area contributed by atoms with Gasteiger partial charge in [-0.1, -0.05) is 0 Å². The summed E-state index contributed by atoms with van der Waals surface area (Å²) in [5.74, 6) is 2.24. The number of nitrogens with zero attached hydrogens (tertiary/aromatic N) is 2. The van der Waals surface area contributed by atoms with Crippen molar-refractivity contribution in [1.82, 2.24) is 15.2 Å². The summed E-state index contributed by atoms with van der Waals surface area (Å²) in [4.78, 5) is 3.96. The molecule has 1 aromatic rings. The third-order valence-electron chi connectivity index (χ3n) is 2.01. The van der Waals surface area contributed by atoms with Gasteiger partial charge in [0, 0.05) is 11.8 Å². The number of nitrogens with two attached hydrogens (primary N) is 1. The van der Waals surface area contributed by atoms with E-state index in [4.69, 9.17) is 5.73 Å². The summed E-state index contributed by atoms with van der Waals surface area (Å²) in [6, 6.07) is 0. The standard InChI is InChI=1S/C7H13N5S/c8-6-10-7(12-11-6)9-4-5-2-1-3-13-5/h5H,1-4H2,(H4,8,9,10,11,12). The number of aromatic nitrogens is 3. The lowest BCUT2D eigenvalue weighted by Gasteiger charge is -2.07. The minimum Gasteiger partial charge on any atom is -0.368 e. The number of hydrogen-bond acceptors (Lipinski definition) is 5. The first-order valence-electron chi connectivity index (χ1n) is 4.38. The zero-order chi connectivity index (χ0) is 9.10. The molecule has 4 N–H and O–H groups in total. The highest BCUT2D eigenvalue weighted by atomic mass is 32.2. The Balaban J connectivity index is 1.78. The molecule has 2 rings (SSSR count). The van der Waals surface area contributed by atoms with Crippen LogP contribution in [0.15, 0.2) is 0 Å². The number of thioether (sulfide) groups is 1. The molecule has 0 aliphatic carbocycles. The molecule has 1 aromatic heterocycles. The van der Waals surface area contributed by atoms with E-state index in [1.54, 1.807) is 0 Å². The monoisotopic (exact) mass is 199 g/mol. The van der Waals surface area contributed by atoms with Gasteiger partial charge in [-0.25, -0.2) is 5.10 Å².